The first-order valence-electron chi connectivity index (χ1n) is 13.5. The van der Waals surface area contributed by atoms with Crippen molar-refractivity contribution in [2.45, 2.75) is 37.8 Å². The van der Waals surface area contributed by atoms with Crippen LogP contribution in [0, 0.1) is 0 Å². The van der Waals surface area contributed by atoms with Crippen molar-refractivity contribution in [3.8, 4) is 17.0 Å². The van der Waals surface area contributed by atoms with Gasteiger partial charge < -0.3 is 15.0 Å². The highest BCUT2D eigenvalue weighted by Gasteiger charge is 2.37. The zero-order valence-corrected chi connectivity index (χ0v) is 22.2. The van der Waals surface area contributed by atoms with Gasteiger partial charge in [0.2, 0.25) is 5.88 Å². The van der Waals surface area contributed by atoms with E-state index in [0.29, 0.717) is 30.0 Å². The number of hydrogen-bond acceptors (Lipinski definition) is 7. The lowest BCUT2D eigenvalue weighted by Gasteiger charge is -2.28. The molecule has 2 fully saturated rings. The molecule has 2 aliphatic heterocycles. The van der Waals surface area contributed by atoms with Crippen LogP contribution in [-0.2, 0) is 6.54 Å². The lowest BCUT2D eigenvalue weighted by molar-refractivity contribution is 0.0115. The fourth-order valence-corrected chi connectivity index (χ4v) is 5.31. The number of piperidine rings is 1. The number of aromatic amines is 1. The van der Waals surface area contributed by atoms with Gasteiger partial charge in [-0.2, -0.15) is 5.10 Å². The maximum absolute atomic E-state index is 13.6. The number of amides is 1. The molecule has 9 nitrogen and oxygen atoms in total. The fraction of sp³-hybridized carbons (Fsp3) is 0.379. The molecule has 2 N–H and O–H groups in total. The van der Waals surface area contributed by atoms with E-state index in [1.165, 1.54) is 0 Å². The molecule has 0 bridgehead atoms. The molecule has 0 spiro atoms. The van der Waals surface area contributed by atoms with Crippen molar-refractivity contribution in [1.82, 2.24) is 30.0 Å². The molecule has 208 valence electrons. The Kier molecular flexibility index (Phi) is 7.16. The number of carbonyl (C=O) groups excluding carboxylic acids is 1. The summed E-state index contributed by atoms with van der Waals surface area (Å²) in [6, 6.07) is 11.1. The maximum atomic E-state index is 13.6. The zero-order chi connectivity index (χ0) is 27.7. The van der Waals surface area contributed by atoms with E-state index in [1.807, 2.05) is 24.3 Å². The first kappa shape index (κ1) is 26.3. The van der Waals surface area contributed by atoms with Gasteiger partial charge in [-0.15, -0.1) is 0 Å². The van der Waals surface area contributed by atoms with Gasteiger partial charge in [-0.25, -0.2) is 13.8 Å². The number of pyridine rings is 2. The number of H-pyrrole nitrogens is 1. The predicted octanol–water partition coefficient (Wildman–Crippen LogP) is 4.59. The highest BCUT2D eigenvalue weighted by molar-refractivity contribution is 6.11. The third-order valence-corrected chi connectivity index (χ3v) is 7.51. The number of halogens is 2. The standard InChI is InChI=1S/C29H31F2N7O2/c1-37-9-5-23(6-10-37)40-26-14-22(4-8-33-26)34-28(39)27-24-13-20(2-3-25(24)35-36-27)21-12-19(15-32-16-21)17-38-11-7-29(30,31)18-38/h2-4,8,12-16,23H,5-7,9-11,17-18H2,1H3,(H,35,36)(H,33,34,39). The number of rotatable bonds is 7. The highest BCUT2D eigenvalue weighted by Crippen LogP contribution is 2.30. The number of nitrogens with one attached hydrogen (secondary N) is 2. The second-order valence-corrected chi connectivity index (χ2v) is 10.7. The van der Waals surface area contributed by atoms with Gasteiger partial charge in [-0.3, -0.25) is 19.8 Å². The number of anilines is 1. The van der Waals surface area contributed by atoms with Crippen LogP contribution < -0.4 is 10.1 Å². The fourth-order valence-electron chi connectivity index (χ4n) is 5.31. The zero-order valence-electron chi connectivity index (χ0n) is 22.2. The summed E-state index contributed by atoms with van der Waals surface area (Å²) in [5, 5.41) is 10.8. The third kappa shape index (κ3) is 5.95. The Morgan fingerprint density at radius 1 is 1.12 bits per heavy atom. The van der Waals surface area contributed by atoms with Gasteiger partial charge in [0, 0.05) is 73.9 Å². The average molecular weight is 548 g/mol. The van der Waals surface area contributed by atoms with Gasteiger partial charge in [-0.1, -0.05) is 6.07 Å². The van der Waals surface area contributed by atoms with Crippen molar-refractivity contribution in [3.63, 3.8) is 0 Å². The molecule has 2 aliphatic rings. The molecular weight excluding hydrogens is 516 g/mol. The minimum Gasteiger partial charge on any atom is -0.474 e. The van der Waals surface area contributed by atoms with Crippen molar-refractivity contribution in [1.29, 1.82) is 0 Å². The van der Waals surface area contributed by atoms with Crippen LogP contribution in [0.1, 0.15) is 35.3 Å². The summed E-state index contributed by atoms with van der Waals surface area (Å²) in [7, 11) is 2.10. The predicted molar refractivity (Wildman–Crippen MR) is 148 cm³/mol. The van der Waals surface area contributed by atoms with Crippen molar-refractivity contribution in [2.75, 3.05) is 38.5 Å². The van der Waals surface area contributed by atoms with Crippen LogP contribution in [0.4, 0.5) is 14.5 Å². The van der Waals surface area contributed by atoms with E-state index in [0.717, 1.165) is 48.1 Å². The summed E-state index contributed by atoms with van der Waals surface area (Å²) in [6.45, 7) is 2.49. The monoisotopic (exact) mass is 547 g/mol. The molecule has 0 atom stereocenters. The van der Waals surface area contributed by atoms with Crippen LogP contribution in [0.3, 0.4) is 0 Å². The number of ether oxygens (including phenoxy) is 1. The number of fused-ring (bicyclic) bond motifs is 1. The highest BCUT2D eigenvalue weighted by atomic mass is 19.3. The number of aromatic nitrogens is 4. The van der Waals surface area contributed by atoms with Crippen molar-refractivity contribution in [3.05, 3.63) is 66.2 Å². The smallest absolute Gasteiger partial charge is 0.276 e. The van der Waals surface area contributed by atoms with E-state index in [1.54, 1.807) is 35.6 Å². The van der Waals surface area contributed by atoms with Crippen LogP contribution in [0.5, 0.6) is 5.88 Å². The normalized spacial score (nSPS) is 18.3. The van der Waals surface area contributed by atoms with Gasteiger partial charge >= 0.3 is 0 Å². The van der Waals surface area contributed by atoms with E-state index < -0.39 is 5.92 Å². The molecule has 0 saturated carbocycles. The Labute approximate surface area is 230 Å². The summed E-state index contributed by atoms with van der Waals surface area (Å²) in [4.78, 5) is 25.9. The van der Waals surface area contributed by atoms with Gasteiger partial charge in [0.1, 0.15) is 6.10 Å². The van der Waals surface area contributed by atoms with Crippen LogP contribution >= 0.6 is 0 Å². The quantitative estimate of drug-likeness (QED) is 0.349. The molecule has 11 heteroatoms. The molecule has 6 rings (SSSR count). The summed E-state index contributed by atoms with van der Waals surface area (Å²) in [5.74, 6) is -2.51. The lowest BCUT2D eigenvalue weighted by atomic mass is 10.0. The van der Waals surface area contributed by atoms with Crippen LogP contribution in [0.25, 0.3) is 22.0 Å². The summed E-state index contributed by atoms with van der Waals surface area (Å²) in [6.07, 6.45) is 6.90. The summed E-state index contributed by atoms with van der Waals surface area (Å²) in [5.41, 5.74) is 4.09. The average Bonchev–Trinajstić information content (AvgIpc) is 3.52. The minimum absolute atomic E-state index is 0.104. The van der Waals surface area contributed by atoms with E-state index in [9.17, 15) is 13.6 Å². The van der Waals surface area contributed by atoms with Gasteiger partial charge in [-0.05, 0) is 55.3 Å². The summed E-state index contributed by atoms with van der Waals surface area (Å²) < 4.78 is 33.3. The maximum Gasteiger partial charge on any atom is 0.276 e. The number of carbonyl (C=O) groups is 1. The third-order valence-electron chi connectivity index (χ3n) is 7.51. The molecule has 0 aliphatic carbocycles. The number of hydrogen-bond donors (Lipinski definition) is 2. The van der Waals surface area contributed by atoms with Gasteiger partial charge in [0.05, 0.1) is 12.1 Å². The molecule has 4 aromatic rings. The van der Waals surface area contributed by atoms with E-state index in [4.69, 9.17) is 4.74 Å². The summed E-state index contributed by atoms with van der Waals surface area (Å²) >= 11 is 0. The molecule has 2 saturated heterocycles. The Bertz CT molecular complexity index is 1520. The van der Waals surface area contributed by atoms with Crippen LogP contribution in [0.2, 0.25) is 0 Å². The van der Waals surface area contributed by atoms with Crippen LogP contribution in [-0.4, -0.2) is 81.1 Å². The SMILES string of the molecule is CN1CCC(Oc2cc(NC(=O)c3n[nH]c4ccc(-c5cncc(CN6CCC(F)(F)C6)c5)cc34)ccn2)CC1. The van der Waals surface area contributed by atoms with Gasteiger partial charge in [0.25, 0.3) is 11.8 Å². The van der Waals surface area contributed by atoms with Crippen molar-refractivity contribution in [2.24, 2.45) is 0 Å². The number of likely N-dealkylation sites (tertiary alicyclic amines) is 2. The largest absolute Gasteiger partial charge is 0.474 e. The first-order valence-corrected chi connectivity index (χ1v) is 13.5. The second kappa shape index (κ2) is 10.9. The minimum atomic E-state index is -2.63. The Morgan fingerprint density at radius 3 is 2.77 bits per heavy atom. The molecule has 0 unspecified atom stereocenters. The molecular formula is C29H31F2N7O2. The number of alkyl halides is 2. The van der Waals surface area contributed by atoms with Gasteiger partial charge in [0.15, 0.2) is 5.69 Å². The lowest BCUT2D eigenvalue weighted by Crippen LogP contribution is -2.35. The Hall–Kier alpha value is -3.96. The van der Waals surface area contributed by atoms with Crippen LogP contribution in [0.15, 0.2) is 55.0 Å². The molecule has 1 aromatic carbocycles. The second-order valence-electron chi connectivity index (χ2n) is 10.7. The van der Waals surface area contributed by atoms with E-state index in [-0.39, 0.29) is 30.7 Å². The number of benzene rings is 1. The molecule has 40 heavy (non-hydrogen) atoms. The Balaban J connectivity index is 1.17. The Morgan fingerprint density at radius 2 is 1.98 bits per heavy atom. The molecule has 3 aromatic heterocycles. The first-order chi connectivity index (χ1) is 19.3. The molecule has 5 heterocycles. The topological polar surface area (TPSA) is 99.3 Å². The van der Waals surface area contributed by atoms with E-state index >= 15 is 0 Å². The van der Waals surface area contributed by atoms with Crippen molar-refractivity contribution >= 4 is 22.5 Å². The molecule has 1 amide bonds. The number of nitrogens with zero attached hydrogens (tertiary/aromatic N) is 5. The molecule has 0 radical (unpaired) electrons. The van der Waals surface area contributed by atoms with E-state index in [2.05, 4.69) is 37.4 Å². The van der Waals surface area contributed by atoms with Crippen molar-refractivity contribution < 1.29 is 18.3 Å².